The van der Waals surface area contributed by atoms with E-state index >= 15 is 0 Å². The van der Waals surface area contributed by atoms with Crippen molar-refractivity contribution in [3.8, 4) is 0 Å². The molecule has 0 spiro atoms. The molecule has 0 saturated carbocycles. The quantitative estimate of drug-likeness (QED) is 0.580. The van der Waals surface area contributed by atoms with E-state index in [2.05, 4.69) is 27.9 Å². The Hall–Kier alpha value is -0.980. The molecular formula is C11H16IN3O. The van der Waals surface area contributed by atoms with Gasteiger partial charge in [-0.1, -0.05) is 0 Å². The molecule has 0 bridgehead atoms. The number of amides is 1. The molecule has 0 heterocycles. The van der Waals surface area contributed by atoms with E-state index in [0.717, 1.165) is 14.9 Å². The van der Waals surface area contributed by atoms with Gasteiger partial charge in [-0.25, -0.2) is 0 Å². The third-order valence-electron chi connectivity index (χ3n) is 2.38. The highest BCUT2D eigenvalue weighted by atomic mass is 127. The van der Waals surface area contributed by atoms with Crippen LogP contribution in [-0.2, 0) is 4.79 Å². The first-order chi connectivity index (χ1) is 7.33. The van der Waals surface area contributed by atoms with E-state index in [-0.39, 0.29) is 5.91 Å². The molecule has 0 saturated heterocycles. The van der Waals surface area contributed by atoms with Gasteiger partial charge in [0.05, 0.1) is 5.41 Å². The molecule has 0 atom stereocenters. The number of nitrogens with two attached hydrogens (primary N) is 2. The molecule has 0 aliphatic heterocycles. The minimum atomic E-state index is -0.565. The molecule has 1 aromatic carbocycles. The standard InChI is InChI=1S/C11H16IN3O/c1-11(2,10(14)16)6-15-9-4-3-7(13)5-8(9)12/h3-5,15H,6,13H2,1-2H3,(H2,14,16). The number of primary amides is 1. The number of nitrogen functional groups attached to an aromatic ring is 1. The zero-order chi connectivity index (χ0) is 12.3. The van der Waals surface area contributed by atoms with Gasteiger partial charge in [0, 0.05) is 21.5 Å². The molecule has 0 aliphatic carbocycles. The summed E-state index contributed by atoms with van der Waals surface area (Å²) in [5, 5.41) is 3.20. The van der Waals surface area contributed by atoms with Gasteiger partial charge in [0.2, 0.25) is 5.91 Å². The Balaban J connectivity index is 2.72. The smallest absolute Gasteiger partial charge is 0.224 e. The van der Waals surface area contributed by atoms with Crippen molar-refractivity contribution in [1.82, 2.24) is 0 Å². The summed E-state index contributed by atoms with van der Waals surface area (Å²) in [7, 11) is 0. The topological polar surface area (TPSA) is 81.1 Å². The first-order valence-electron chi connectivity index (χ1n) is 4.92. The normalized spacial score (nSPS) is 11.2. The van der Waals surface area contributed by atoms with Gasteiger partial charge in [0.15, 0.2) is 0 Å². The van der Waals surface area contributed by atoms with Crippen LogP contribution in [0, 0.1) is 8.99 Å². The van der Waals surface area contributed by atoms with Crippen LogP contribution in [0.1, 0.15) is 13.8 Å². The number of carbonyl (C=O) groups excluding carboxylic acids is 1. The molecule has 1 amide bonds. The predicted octanol–water partition coefficient (Wildman–Crippen LogP) is 1.80. The van der Waals surface area contributed by atoms with E-state index in [1.807, 2.05) is 32.0 Å². The lowest BCUT2D eigenvalue weighted by Crippen LogP contribution is -2.37. The molecule has 5 N–H and O–H groups in total. The molecule has 4 nitrogen and oxygen atoms in total. The summed E-state index contributed by atoms with van der Waals surface area (Å²) in [4.78, 5) is 11.1. The summed E-state index contributed by atoms with van der Waals surface area (Å²) in [6.45, 7) is 4.13. The van der Waals surface area contributed by atoms with Crippen molar-refractivity contribution in [1.29, 1.82) is 0 Å². The van der Waals surface area contributed by atoms with Crippen molar-refractivity contribution < 1.29 is 4.79 Å². The number of hydrogen-bond donors (Lipinski definition) is 3. The zero-order valence-electron chi connectivity index (χ0n) is 9.38. The summed E-state index contributed by atoms with van der Waals surface area (Å²) in [6.07, 6.45) is 0. The van der Waals surface area contributed by atoms with Crippen molar-refractivity contribution in [2.24, 2.45) is 11.1 Å². The van der Waals surface area contributed by atoms with Gasteiger partial charge < -0.3 is 16.8 Å². The summed E-state index contributed by atoms with van der Waals surface area (Å²) in [6, 6.07) is 5.59. The molecule has 0 unspecified atom stereocenters. The lowest BCUT2D eigenvalue weighted by atomic mass is 9.93. The SMILES string of the molecule is CC(C)(CNc1ccc(N)cc1I)C(N)=O. The zero-order valence-corrected chi connectivity index (χ0v) is 11.5. The van der Waals surface area contributed by atoms with Crippen molar-refractivity contribution >= 4 is 39.9 Å². The van der Waals surface area contributed by atoms with Crippen LogP contribution < -0.4 is 16.8 Å². The second-order valence-corrected chi connectivity index (χ2v) is 5.50. The molecule has 0 fully saturated rings. The predicted molar refractivity (Wildman–Crippen MR) is 75.0 cm³/mol. The van der Waals surface area contributed by atoms with E-state index < -0.39 is 5.41 Å². The molecule has 5 heteroatoms. The van der Waals surface area contributed by atoms with Crippen LogP contribution in [0.5, 0.6) is 0 Å². The Labute approximate surface area is 109 Å². The van der Waals surface area contributed by atoms with Crippen LogP contribution in [-0.4, -0.2) is 12.5 Å². The van der Waals surface area contributed by atoms with Crippen LogP contribution in [0.25, 0.3) is 0 Å². The van der Waals surface area contributed by atoms with E-state index in [1.54, 1.807) is 0 Å². The van der Waals surface area contributed by atoms with E-state index in [1.165, 1.54) is 0 Å². The monoisotopic (exact) mass is 333 g/mol. The fourth-order valence-electron chi connectivity index (χ4n) is 1.08. The van der Waals surface area contributed by atoms with Gasteiger partial charge in [-0.3, -0.25) is 4.79 Å². The third-order valence-corrected chi connectivity index (χ3v) is 3.27. The highest BCUT2D eigenvalue weighted by Crippen LogP contribution is 2.23. The average molecular weight is 333 g/mol. The Kier molecular flexibility index (Phi) is 4.01. The van der Waals surface area contributed by atoms with E-state index in [9.17, 15) is 4.79 Å². The fraction of sp³-hybridized carbons (Fsp3) is 0.364. The minimum Gasteiger partial charge on any atom is -0.399 e. The fourth-order valence-corrected chi connectivity index (χ4v) is 1.81. The molecular weight excluding hydrogens is 317 g/mol. The van der Waals surface area contributed by atoms with Gasteiger partial charge in [-0.05, 0) is 54.6 Å². The Bertz CT molecular complexity index is 404. The van der Waals surface area contributed by atoms with Gasteiger partial charge in [-0.15, -0.1) is 0 Å². The number of carbonyl (C=O) groups is 1. The lowest BCUT2D eigenvalue weighted by molar-refractivity contribution is -0.125. The van der Waals surface area contributed by atoms with Crippen molar-refractivity contribution in [3.63, 3.8) is 0 Å². The lowest BCUT2D eigenvalue weighted by Gasteiger charge is -2.22. The maximum Gasteiger partial charge on any atom is 0.224 e. The van der Waals surface area contributed by atoms with Crippen LogP contribution in [0.15, 0.2) is 18.2 Å². The first kappa shape index (κ1) is 13.1. The third kappa shape index (κ3) is 3.26. The second-order valence-electron chi connectivity index (χ2n) is 4.34. The second kappa shape index (κ2) is 4.90. The van der Waals surface area contributed by atoms with Crippen LogP contribution in [0.2, 0.25) is 0 Å². The number of hydrogen-bond acceptors (Lipinski definition) is 3. The number of halogens is 1. The van der Waals surface area contributed by atoms with Gasteiger partial charge >= 0.3 is 0 Å². The minimum absolute atomic E-state index is 0.314. The Morgan fingerprint density at radius 2 is 2.12 bits per heavy atom. The average Bonchev–Trinajstić information content (AvgIpc) is 2.16. The van der Waals surface area contributed by atoms with Gasteiger partial charge in [0.1, 0.15) is 0 Å². The first-order valence-corrected chi connectivity index (χ1v) is 5.99. The molecule has 88 valence electrons. The number of benzene rings is 1. The van der Waals surface area contributed by atoms with E-state index in [0.29, 0.717) is 6.54 Å². The summed E-state index contributed by atoms with van der Waals surface area (Å²) >= 11 is 2.20. The molecule has 16 heavy (non-hydrogen) atoms. The molecule has 0 radical (unpaired) electrons. The summed E-state index contributed by atoms with van der Waals surface area (Å²) in [5.74, 6) is -0.314. The summed E-state index contributed by atoms with van der Waals surface area (Å²) < 4.78 is 1.03. The van der Waals surface area contributed by atoms with Crippen LogP contribution >= 0.6 is 22.6 Å². The summed E-state index contributed by atoms with van der Waals surface area (Å²) in [5.41, 5.74) is 12.1. The Morgan fingerprint density at radius 3 is 2.62 bits per heavy atom. The molecule has 0 aromatic heterocycles. The van der Waals surface area contributed by atoms with Crippen molar-refractivity contribution in [2.75, 3.05) is 17.6 Å². The van der Waals surface area contributed by atoms with Crippen molar-refractivity contribution in [2.45, 2.75) is 13.8 Å². The number of anilines is 2. The molecule has 1 rings (SSSR count). The largest absolute Gasteiger partial charge is 0.399 e. The maximum absolute atomic E-state index is 11.1. The van der Waals surface area contributed by atoms with Crippen molar-refractivity contribution in [3.05, 3.63) is 21.8 Å². The highest BCUT2D eigenvalue weighted by molar-refractivity contribution is 14.1. The van der Waals surface area contributed by atoms with Gasteiger partial charge in [-0.2, -0.15) is 0 Å². The van der Waals surface area contributed by atoms with Gasteiger partial charge in [0.25, 0.3) is 0 Å². The molecule has 0 aliphatic rings. The highest BCUT2D eigenvalue weighted by Gasteiger charge is 2.24. The maximum atomic E-state index is 11.1. The molecule has 1 aromatic rings. The van der Waals surface area contributed by atoms with Crippen LogP contribution in [0.3, 0.4) is 0 Å². The number of nitrogens with one attached hydrogen (secondary N) is 1. The van der Waals surface area contributed by atoms with E-state index in [4.69, 9.17) is 11.5 Å². The Morgan fingerprint density at radius 1 is 1.50 bits per heavy atom. The van der Waals surface area contributed by atoms with Crippen LogP contribution in [0.4, 0.5) is 11.4 Å². The number of rotatable bonds is 4.